The lowest BCUT2D eigenvalue weighted by atomic mass is 10.2. The van der Waals surface area contributed by atoms with Crippen molar-refractivity contribution in [2.45, 2.75) is 20.0 Å². The van der Waals surface area contributed by atoms with Gasteiger partial charge in [-0.25, -0.2) is 9.78 Å². The Morgan fingerprint density at radius 3 is 2.77 bits per heavy atom. The molecule has 0 aliphatic carbocycles. The molecule has 0 aliphatic heterocycles. The van der Waals surface area contributed by atoms with Crippen molar-refractivity contribution in [3.8, 4) is 0 Å². The largest absolute Gasteiger partial charge is 0.384 e. The topological polar surface area (TPSA) is 111 Å². The summed E-state index contributed by atoms with van der Waals surface area (Å²) >= 11 is 4.51. The van der Waals surface area contributed by atoms with E-state index < -0.39 is 5.69 Å². The maximum absolute atomic E-state index is 13.0. The molecule has 0 atom stereocenters. The lowest BCUT2D eigenvalue weighted by Gasteiger charge is -2.08. The Morgan fingerprint density at radius 1 is 1.23 bits per heavy atom. The number of anilines is 1. The van der Waals surface area contributed by atoms with Crippen LogP contribution in [-0.2, 0) is 13.1 Å². The number of benzene rings is 1. The molecule has 31 heavy (non-hydrogen) atoms. The van der Waals surface area contributed by atoms with Gasteiger partial charge in [0.05, 0.1) is 6.54 Å². The first-order valence-electron chi connectivity index (χ1n) is 9.32. The fourth-order valence-corrected chi connectivity index (χ4v) is 4.65. The molecule has 1 aromatic carbocycles. The molecule has 0 fully saturated rings. The molecular weight excluding hydrogens is 482 g/mol. The van der Waals surface area contributed by atoms with E-state index in [1.807, 2.05) is 24.3 Å². The minimum Gasteiger partial charge on any atom is -0.384 e. The zero-order valence-corrected chi connectivity index (χ0v) is 18.9. The highest BCUT2D eigenvalue weighted by atomic mass is 79.9. The van der Waals surface area contributed by atoms with Crippen LogP contribution < -0.4 is 22.3 Å². The summed E-state index contributed by atoms with van der Waals surface area (Å²) in [5, 5.41) is 2.80. The molecule has 0 saturated carbocycles. The fourth-order valence-electron chi connectivity index (χ4n) is 3.20. The van der Waals surface area contributed by atoms with Gasteiger partial charge >= 0.3 is 5.69 Å². The molecule has 0 saturated heterocycles. The highest BCUT2D eigenvalue weighted by Crippen LogP contribution is 2.19. The third-order valence-electron chi connectivity index (χ3n) is 4.75. The molecule has 158 valence electrons. The number of nitrogen functional groups attached to an aromatic ring is 1. The van der Waals surface area contributed by atoms with E-state index in [2.05, 4.69) is 26.2 Å². The quantitative estimate of drug-likeness (QED) is 0.438. The van der Waals surface area contributed by atoms with Crippen molar-refractivity contribution in [2.75, 3.05) is 5.73 Å². The number of hydrogen-bond acceptors (Lipinski definition) is 6. The number of carbonyl (C=O) groups is 1. The molecule has 3 aromatic heterocycles. The molecule has 4 rings (SSSR count). The number of thiazole rings is 1. The minimum absolute atomic E-state index is 0.141. The second-order valence-electron chi connectivity index (χ2n) is 6.97. The zero-order chi connectivity index (χ0) is 22.1. The summed E-state index contributed by atoms with van der Waals surface area (Å²) < 4.78 is 3.40. The number of carbonyl (C=O) groups excluding carboxylic acids is 1. The Balaban J connectivity index is 1.66. The van der Waals surface area contributed by atoms with Gasteiger partial charge in [-0.2, -0.15) is 0 Å². The van der Waals surface area contributed by atoms with Gasteiger partial charge < -0.3 is 11.1 Å². The van der Waals surface area contributed by atoms with Gasteiger partial charge in [-0.3, -0.25) is 18.6 Å². The van der Waals surface area contributed by atoms with Crippen molar-refractivity contribution in [1.82, 2.24) is 19.3 Å². The van der Waals surface area contributed by atoms with E-state index in [-0.39, 0.29) is 24.6 Å². The predicted octanol–water partition coefficient (Wildman–Crippen LogP) is 2.55. The van der Waals surface area contributed by atoms with Crippen LogP contribution in [0.5, 0.6) is 0 Å². The third-order valence-corrected chi connectivity index (χ3v) is 6.45. The van der Waals surface area contributed by atoms with Crippen LogP contribution in [0.3, 0.4) is 0 Å². The molecule has 3 heterocycles. The highest BCUT2D eigenvalue weighted by molar-refractivity contribution is 9.10. The minimum atomic E-state index is -0.484. The number of aromatic nitrogens is 3. The maximum atomic E-state index is 13.0. The van der Waals surface area contributed by atoms with Gasteiger partial charge in [0.15, 0.2) is 0 Å². The second kappa shape index (κ2) is 8.48. The van der Waals surface area contributed by atoms with Crippen LogP contribution >= 0.6 is 27.3 Å². The number of hydrogen-bond donors (Lipinski definition) is 2. The van der Waals surface area contributed by atoms with Gasteiger partial charge in [-0.15, -0.1) is 11.3 Å². The zero-order valence-electron chi connectivity index (χ0n) is 16.5. The Bertz CT molecular complexity index is 1420. The monoisotopic (exact) mass is 499 g/mol. The van der Waals surface area contributed by atoms with Crippen molar-refractivity contribution >= 4 is 43.8 Å². The normalized spacial score (nSPS) is 11.0. The van der Waals surface area contributed by atoms with Crippen molar-refractivity contribution in [2.24, 2.45) is 0 Å². The summed E-state index contributed by atoms with van der Waals surface area (Å²) in [4.78, 5) is 43.2. The molecule has 3 N–H and O–H groups in total. The van der Waals surface area contributed by atoms with E-state index >= 15 is 0 Å². The smallest absolute Gasteiger partial charge is 0.336 e. The number of rotatable bonds is 5. The van der Waals surface area contributed by atoms with Gasteiger partial charge in [-0.05, 0) is 42.3 Å². The third kappa shape index (κ3) is 4.30. The van der Waals surface area contributed by atoms with E-state index in [4.69, 9.17) is 5.73 Å². The van der Waals surface area contributed by atoms with Crippen LogP contribution in [0, 0.1) is 6.92 Å². The molecular formula is C21H18BrN5O3S. The number of halogens is 1. The average molecular weight is 500 g/mol. The number of nitrogens with two attached hydrogens (primary N) is 1. The van der Waals surface area contributed by atoms with Gasteiger partial charge in [0, 0.05) is 29.0 Å². The van der Waals surface area contributed by atoms with E-state index in [0.717, 1.165) is 26.9 Å². The Kier molecular flexibility index (Phi) is 5.75. The van der Waals surface area contributed by atoms with Crippen LogP contribution in [0.4, 0.5) is 5.82 Å². The highest BCUT2D eigenvalue weighted by Gasteiger charge is 2.17. The molecule has 0 bridgehead atoms. The van der Waals surface area contributed by atoms with Gasteiger partial charge in [0.2, 0.25) is 0 Å². The molecule has 0 aliphatic rings. The standard InChI is InChI=1S/C21H18BrN5O3S/c1-12-19(29)26(10-14-3-2-4-15(22)7-14)21(30)27-11-16(31-20(12)27)18(28)25-9-13-5-6-24-17(23)8-13/h2-8,11H,9-10H2,1H3,(H2,23,24)(H,25,28). The number of nitrogens with one attached hydrogen (secondary N) is 1. The van der Waals surface area contributed by atoms with E-state index in [9.17, 15) is 14.4 Å². The van der Waals surface area contributed by atoms with E-state index in [1.54, 1.807) is 25.3 Å². The number of nitrogens with zero attached hydrogens (tertiary/aromatic N) is 3. The number of pyridine rings is 1. The van der Waals surface area contributed by atoms with Crippen LogP contribution in [0.25, 0.3) is 4.83 Å². The van der Waals surface area contributed by atoms with Crippen LogP contribution in [0.15, 0.2) is 62.9 Å². The Hall–Kier alpha value is -3.24. The van der Waals surface area contributed by atoms with Crippen LogP contribution in [0.1, 0.15) is 26.4 Å². The van der Waals surface area contributed by atoms with Crippen molar-refractivity contribution in [1.29, 1.82) is 0 Å². The summed E-state index contributed by atoms with van der Waals surface area (Å²) in [6.07, 6.45) is 3.04. The molecule has 0 spiro atoms. The number of amides is 1. The first-order chi connectivity index (χ1) is 14.8. The lowest BCUT2D eigenvalue weighted by molar-refractivity contribution is 0.0954. The van der Waals surface area contributed by atoms with Gasteiger partial charge in [0.25, 0.3) is 11.5 Å². The summed E-state index contributed by atoms with van der Waals surface area (Å²) in [7, 11) is 0. The summed E-state index contributed by atoms with van der Waals surface area (Å²) in [5.41, 5.74) is 6.85. The first-order valence-corrected chi connectivity index (χ1v) is 10.9. The molecule has 10 heteroatoms. The average Bonchev–Trinajstić information content (AvgIpc) is 3.20. The van der Waals surface area contributed by atoms with E-state index in [0.29, 0.717) is 21.1 Å². The van der Waals surface area contributed by atoms with Crippen molar-refractivity contribution in [3.63, 3.8) is 0 Å². The van der Waals surface area contributed by atoms with Gasteiger partial charge in [0.1, 0.15) is 15.5 Å². The second-order valence-corrected chi connectivity index (χ2v) is 8.92. The van der Waals surface area contributed by atoms with Crippen LogP contribution in [-0.4, -0.2) is 19.9 Å². The summed E-state index contributed by atoms with van der Waals surface area (Å²) in [5.74, 6) is 0.0302. The summed E-state index contributed by atoms with van der Waals surface area (Å²) in [6.45, 7) is 2.07. The predicted molar refractivity (Wildman–Crippen MR) is 124 cm³/mol. The Morgan fingerprint density at radius 2 is 2.03 bits per heavy atom. The van der Waals surface area contributed by atoms with E-state index in [1.165, 1.54) is 15.2 Å². The molecule has 8 nitrogen and oxygen atoms in total. The van der Waals surface area contributed by atoms with Crippen LogP contribution in [0.2, 0.25) is 0 Å². The molecule has 1 amide bonds. The SMILES string of the molecule is Cc1c(=O)n(Cc2cccc(Br)c2)c(=O)n2cc(C(=O)NCc3ccnc(N)c3)sc12. The lowest BCUT2D eigenvalue weighted by Crippen LogP contribution is -2.38. The molecule has 0 radical (unpaired) electrons. The number of aryl methyl sites for hydroxylation is 1. The van der Waals surface area contributed by atoms with Crippen molar-refractivity contribution < 1.29 is 4.79 Å². The molecule has 4 aromatic rings. The fraction of sp³-hybridized carbons (Fsp3) is 0.143. The number of fused-ring (bicyclic) bond motifs is 1. The maximum Gasteiger partial charge on any atom is 0.336 e. The summed E-state index contributed by atoms with van der Waals surface area (Å²) in [6, 6.07) is 10.8. The first kappa shape index (κ1) is 21.0. The van der Waals surface area contributed by atoms with Gasteiger partial charge in [-0.1, -0.05) is 28.1 Å². The Labute approximate surface area is 189 Å². The molecule has 0 unspecified atom stereocenters. The van der Waals surface area contributed by atoms with Crippen molar-refractivity contribution in [3.05, 3.63) is 95.7 Å².